The first-order valence-corrected chi connectivity index (χ1v) is 14.4. The lowest BCUT2D eigenvalue weighted by atomic mass is 9.76. The number of nitrogens with one attached hydrogen (secondary N) is 1. The van der Waals surface area contributed by atoms with E-state index in [0.717, 1.165) is 31.2 Å². The van der Waals surface area contributed by atoms with Gasteiger partial charge in [-0.3, -0.25) is 14.4 Å². The molecule has 0 saturated heterocycles. The predicted molar refractivity (Wildman–Crippen MR) is 152 cm³/mol. The molecule has 3 N–H and O–H groups in total. The van der Waals surface area contributed by atoms with Crippen LogP contribution in [-0.2, 0) is 16.0 Å². The number of aliphatic hydroxyl groups is 2. The lowest BCUT2D eigenvalue weighted by molar-refractivity contribution is -0.137. The van der Waals surface area contributed by atoms with Crippen LogP contribution in [0.2, 0.25) is 0 Å². The molecule has 0 aromatic heterocycles. The molecule has 9 nitrogen and oxygen atoms in total. The predicted octanol–water partition coefficient (Wildman–Crippen LogP) is 2.78. The zero-order chi connectivity index (χ0) is 28.9. The topological polar surface area (TPSA) is 125 Å². The van der Waals surface area contributed by atoms with Crippen LogP contribution in [-0.4, -0.2) is 78.3 Å². The number of fused-ring (bicyclic) bond motifs is 3. The molecule has 218 valence electrons. The zero-order valence-electron chi connectivity index (χ0n) is 23.3. The van der Waals surface area contributed by atoms with Gasteiger partial charge in [0.15, 0.2) is 11.5 Å². The highest BCUT2D eigenvalue weighted by Gasteiger charge is 2.51. The number of benzene rings is 2. The van der Waals surface area contributed by atoms with Crippen LogP contribution in [0.25, 0.3) is 0 Å². The highest BCUT2D eigenvalue weighted by atomic mass is 16.5. The van der Waals surface area contributed by atoms with Crippen LogP contribution in [0.3, 0.4) is 0 Å². The second-order valence-corrected chi connectivity index (χ2v) is 11.1. The molecule has 0 bridgehead atoms. The SMILES string of the molecule is COc1cc(C=O)cc2c1O[C@@H]1[C@@H](O)[C@H](N(CC3CCCCC3)C(=O)Cc3ccccc3)C=C(C(=O)NCCO)[C@H]21. The Balaban J connectivity index is 1.56. The number of carbonyl (C=O) groups excluding carboxylic acids is 3. The molecule has 0 unspecified atom stereocenters. The summed E-state index contributed by atoms with van der Waals surface area (Å²) < 4.78 is 11.8. The van der Waals surface area contributed by atoms with Crippen LogP contribution in [0.1, 0.15) is 59.5 Å². The van der Waals surface area contributed by atoms with E-state index in [0.29, 0.717) is 46.9 Å². The van der Waals surface area contributed by atoms with E-state index < -0.39 is 30.1 Å². The summed E-state index contributed by atoms with van der Waals surface area (Å²) >= 11 is 0. The second kappa shape index (κ2) is 12.9. The molecule has 0 radical (unpaired) electrons. The third kappa shape index (κ3) is 6.01. The molecule has 3 aliphatic rings. The summed E-state index contributed by atoms with van der Waals surface area (Å²) in [7, 11) is 1.47. The fourth-order valence-electron chi connectivity index (χ4n) is 6.47. The van der Waals surface area contributed by atoms with Crippen molar-refractivity contribution < 1.29 is 34.1 Å². The summed E-state index contributed by atoms with van der Waals surface area (Å²) in [5.74, 6) is -0.256. The average molecular weight is 563 g/mol. The van der Waals surface area contributed by atoms with E-state index in [1.165, 1.54) is 13.5 Å². The number of rotatable bonds is 10. The summed E-state index contributed by atoms with van der Waals surface area (Å²) in [6, 6.07) is 11.9. The number of carbonyl (C=O) groups is 3. The van der Waals surface area contributed by atoms with Crippen LogP contribution in [0.5, 0.6) is 11.5 Å². The lowest BCUT2D eigenvalue weighted by Gasteiger charge is -2.42. The minimum absolute atomic E-state index is 0.0465. The fourth-order valence-corrected chi connectivity index (χ4v) is 6.47. The van der Waals surface area contributed by atoms with E-state index in [4.69, 9.17) is 9.47 Å². The van der Waals surface area contributed by atoms with Gasteiger partial charge in [-0.25, -0.2) is 0 Å². The van der Waals surface area contributed by atoms with Crippen LogP contribution in [0, 0.1) is 5.92 Å². The van der Waals surface area contributed by atoms with E-state index in [2.05, 4.69) is 5.32 Å². The Morgan fingerprint density at radius 2 is 1.90 bits per heavy atom. The number of nitrogens with zero attached hydrogens (tertiary/aromatic N) is 1. The fraction of sp³-hybridized carbons (Fsp3) is 0.469. The number of aldehydes is 1. The Kier molecular flexibility index (Phi) is 9.05. The number of hydrogen-bond acceptors (Lipinski definition) is 7. The van der Waals surface area contributed by atoms with Gasteiger partial charge in [0.05, 0.1) is 32.1 Å². The van der Waals surface area contributed by atoms with E-state index >= 15 is 0 Å². The molecule has 41 heavy (non-hydrogen) atoms. The van der Waals surface area contributed by atoms with Gasteiger partial charge in [-0.1, -0.05) is 49.6 Å². The molecule has 1 fully saturated rings. The Labute approximate surface area is 240 Å². The van der Waals surface area contributed by atoms with Crippen molar-refractivity contribution in [1.29, 1.82) is 0 Å². The molecular weight excluding hydrogens is 524 g/mol. The maximum absolute atomic E-state index is 13.9. The Morgan fingerprint density at radius 3 is 2.59 bits per heavy atom. The maximum atomic E-state index is 13.9. The number of hydrogen-bond donors (Lipinski definition) is 3. The van der Waals surface area contributed by atoms with Crippen molar-refractivity contribution in [2.45, 2.75) is 62.7 Å². The first-order chi connectivity index (χ1) is 19.9. The van der Waals surface area contributed by atoms with Gasteiger partial charge >= 0.3 is 0 Å². The first kappa shape index (κ1) is 28.8. The quantitative estimate of drug-likeness (QED) is 0.380. The number of ether oxygens (including phenoxy) is 2. The van der Waals surface area contributed by atoms with Gasteiger partial charge in [0, 0.05) is 29.8 Å². The van der Waals surface area contributed by atoms with Gasteiger partial charge in [0.1, 0.15) is 18.5 Å². The van der Waals surface area contributed by atoms with Crippen LogP contribution < -0.4 is 14.8 Å². The van der Waals surface area contributed by atoms with Gasteiger partial charge in [0.2, 0.25) is 11.8 Å². The normalized spacial score (nSPS) is 23.4. The zero-order valence-corrected chi connectivity index (χ0v) is 23.3. The van der Waals surface area contributed by atoms with Gasteiger partial charge in [0.25, 0.3) is 0 Å². The molecule has 2 amide bonds. The van der Waals surface area contributed by atoms with Gasteiger partial charge < -0.3 is 29.9 Å². The molecule has 1 saturated carbocycles. The Morgan fingerprint density at radius 1 is 1.15 bits per heavy atom. The maximum Gasteiger partial charge on any atom is 0.247 e. The first-order valence-electron chi connectivity index (χ1n) is 14.4. The van der Waals surface area contributed by atoms with Crippen molar-refractivity contribution in [3.63, 3.8) is 0 Å². The third-order valence-electron chi connectivity index (χ3n) is 8.47. The monoisotopic (exact) mass is 562 g/mol. The Bertz CT molecular complexity index is 1290. The molecule has 2 aromatic carbocycles. The molecule has 1 aliphatic heterocycles. The van der Waals surface area contributed by atoms with E-state index in [9.17, 15) is 24.6 Å². The molecule has 1 heterocycles. The van der Waals surface area contributed by atoms with Crippen molar-refractivity contribution >= 4 is 18.1 Å². The largest absolute Gasteiger partial charge is 0.493 e. The molecule has 9 heteroatoms. The minimum atomic E-state index is -1.14. The lowest BCUT2D eigenvalue weighted by Crippen LogP contribution is -2.57. The molecule has 0 spiro atoms. The number of methoxy groups -OCH3 is 1. The van der Waals surface area contributed by atoms with Crippen molar-refractivity contribution in [1.82, 2.24) is 10.2 Å². The minimum Gasteiger partial charge on any atom is -0.493 e. The van der Waals surface area contributed by atoms with Crippen molar-refractivity contribution in [3.8, 4) is 11.5 Å². The summed E-state index contributed by atoms with van der Waals surface area (Å²) in [6.45, 7) is 0.280. The van der Waals surface area contributed by atoms with Crippen LogP contribution in [0.4, 0.5) is 0 Å². The molecular formula is C32H38N2O7. The van der Waals surface area contributed by atoms with Gasteiger partial charge in [-0.05, 0) is 42.5 Å². The van der Waals surface area contributed by atoms with E-state index in [1.807, 2.05) is 30.3 Å². The smallest absolute Gasteiger partial charge is 0.247 e. The standard InChI is InChI=1S/C32H38N2O7/c1-40-26-15-22(19-36)14-23-28-24(32(39)33-12-13-35)17-25(29(38)31(28)41-30(23)26)34(18-21-10-6-3-7-11-21)27(37)16-20-8-4-2-5-9-20/h2,4-5,8-9,14-15,17,19,21,25,28-29,31,35,38H,3,6-7,10-13,16,18H2,1H3,(H,33,39)/t25-,28+,29+,31+/m1/s1. The van der Waals surface area contributed by atoms with E-state index in [1.54, 1.807) is 23.1 Å². The van der Waals surface area contributed by atoms with Crippen molar-refractivity contribution in [2.75, 3.05) is 26.8 Å². The van der Waals surface area contributed by atoms with Crippen LogP contribution >= 0.6 is 0 Å². The highest BCUT2D eigenvalue weighted by Crippen LogP contribution is 2.51. The molecule has 2 aromatic rings. The summed E-state index contributed by atoms with van der Waals surface area (Å²) in [4.78, 5) is 40.9. The average Bonchev–Trinajstić information content (AvgIpc) is 3.39. The van der Waals surface area contributed by atoms with Gasteiger partial charge in [-0.2, -0.15) is 0 Å². The van der Waals surface area contributed by atoms with Crippen LogP contribution in [0.15, 0.2) is 54.1 Å². The second-order valence-electron chi connectivity index (χ2n) is 11.1. The number of aliphatic hydroxyl groups excluding tert-OH is 2. The summed E-state index contributed by atoms with van der Waals surface area (Å²) in [5, 5.41) is 23.9. The van der Waals surface area contributed by atoms with Gasteiger partial charge in [-0.15, -0.1) is 0 Å². The number of amides is 2. The van der Waals surface area contributed by atoms with Crippen molar-refractivity contribution in [3.05, 3.63) is 70.8 Å². The molecule has 2 aliphatic carbocycles. The van der Waals surface area contributed by atoms with E-state index in [-0.39, 0.29) is 25.5 Å². The highest BCUT2D eigenvalue weighted by molar-refractivity contribution is 5.96. The Hall–Kier alpha value is -3.69. The molecule has 4 atom stereocenters. The molecule has 5 rings (SSSR count). The van der Waals surface area contributed by atoms with Crippen molar-refractivity contribution in [2.24, 2.45) is 5.92 Å². The summed E-state index contributed by atoms with van der Waals surface area (Å²) in [5.41, 5.74) is 2.11. The summed E-state index contributed by atoms with van der Waals surface area (Å²) in [6.07, 6.45) is 5.91. The third-order valence-corrected chi connectivity index (χ3v) is 8.47.